The first-order valence-electron chi connectivity index (χ1n) is 7.72. The van der Waals surface area contributed by atoms with Gasteiger partial charge < -0.3 is 19.2 Å². The highest BCUT2D eigenvalue weighted by Gasteiger charge is 2.18. The molecule has 3 rings (SSSR count). The molecule has 0 saturated heterocycles. The maximum absolute atomic E-state index is 12.6. The van der Waals surface area contributed by atoms with E-state index in [1.54, 1.807) is 14.2 Å². The Balaban J connectivity index is 1.83. The van der Waals surface area contributed by atoms with Crippen LogP contribution in [0.4, 0.5) is 0 Å². The van der Waals surface area contributed by atoms with Gasteiger partial charge in [-0.05, 0) is 31.2 Å². The number of rotatable bonds is 5. The SMILES string of the molecule is COc1cccc(CNC(=O)c2oc3ccc(Br)cc3c2C)c1OC. The van der Waals surface area contributed by atoms with E-state index in [0.29, 0.717) is 29.4 Å². The van der Waals surface area contributed by atoms with Crippen LogP contribution in [-0.4, -0.2) is 20.1 Å². The molecular weight excluding hydrogens is 386 g/mol. The Morgan fingerprint density at radius 1 is 1.20 bits per heavy atom. The molecule has 0 radical (unpaired) electrons. The van der Waals surface area contributed by atoms with Crippen LogP contribution in [0.15, 0.2) is 45.3 Å². The topological polar surface area (TPSA) is 60.7 Å². The fourth-order valence-electron chi connectivity index (χ4n) is 2.76. The smallest absolute Gasteiger partial charge is 0.287 e. The number of ether oxygens (including phenoxy) is 2. The molecule has 1 aromatic heterocycles. The Morgan fingerprint density at radius 2 is 2.00 bits per heavy atom. The van der Waals surface area contributed by atoms with E-state index in [1.165, 1.54) is 0 Å². The molecule has 0 aliphatic rings. The summed E-state index contributed by atoms with van der Waals surface area (Å²) in [5, 5.41) is 3.79. The van der Waals surface area contributed by atoms with Gasteiger partial charge in [0.15, 0.2) is 17.3 Å². The summed E-state index contributed by atoms with van der Waals surface area (Å²) in [4.78, 5) is 12.6. The van der Waals surface area contributed by atoms with Crippen molar-refractivity contribution in [1.29, 1.82) is 0 Å². The van der Waals surface area contributed by atoms with E-state index < -0.39 is 0 Å². The number of para-hydroxylation sites is 1. The van der Waals surface area contributed by atoms with Crippen molar-refractivity contribution in [2.24, 2.45) is 0 Å². The molecular formula is C19H18BrNO4. The molecule has 0 saturated carbocycles. The Morgan fingerprint density at radius 3 is 2.72 bits per heavy atom. The molecule has 130 valence electrons. The summed E-state index contributed by atoms with van der Waals surface area (Å²) in [5.41, 5.74) is 2.32. The minimum absolute atomic E-state index is 0.269. The normalized spacial score (nSPS) is 10.7. The Hall–Kier alpha value is -2.47. The molecule has 5 nitrogen and oxygen atoms in total. The highest BCUT2D eigenvalue weighted by Crippen LogP contribution is 2.31. The van der Waals surface area contributed by atoms with E-state index >= 15 is 0 Å². The number of benzene rings is 2. The van der Waals surface area contributed by atoms with E-state index in [1.807, 2.05) is 43.3 Å². The third kappa shape index (κ3) is 3.35. The third-order valence-corrected chi connectivity index (χ3v) is 4.52. The minimum Gasteiger partial charge on any atom is -0.493 e. The van der Waals surface area contributed by atoms with Crippen LogP contribution >= 0.6 is 15.9 Å². The zero-order valence-electron chi connectivity index (χ0n) is 14.2. The number of fused-ring (bicyclic) bond motifs is 1. The van der Waals surface area contributed by atoms with Crippen molar-refractivity contribution in [3.05, 3.63) is 57.8 Å². The fraction of sp³-hybridized carbons (Fsp3) is 0.211. The van der Waals surface area contributed by atoms with Crippen molar-refractivity contribution < 1.29 is 18.7 Å². The Labute approximate surface area is 154 Å². The first-order chi connectivity index (χ1) is 12.0. The molecule has 0 bridgehead atoms. The van der Waals surface area contributed by atoms with Crippen LogP contribution in [0.3, 0.4) is 0 Å². The lowest BCUT2D eigenvalue weighted by Gasteiger charge is -2.12. The van der Waals surface area contributed by atoms with Gasteiger partial charge in [-0.2, -0.15) is 0 Å². The van der Waals surface area contributed by atoms with Gasteiger partial charge in [-0.3, -0.25) is 4.79 Å². The van der Waals surface area contributed by atoms with Gasteiger partial charge in [0.2, 0.25) is 0 Å². The van der Waals surface area contributed by atoms with Gasteiger partial charge >= 0.3 is 0 Å². The number of hydrogen-bond donors (Lipinski definition) is 1. The van der Waals surface area contributed by atoms with Crippen molar-refractivity contribution in [2.75, 3.05) is 14.2 Å². The van der Waals surface area contributed by atoms with E-state index in [0.717, 1.165) is 21.0 Å². The molecule has 1 N–H and O–H groups in total. The lowest BCUT2D eigenvalue weighted by atomic mass is 10.1. The van der Waals surface area contributed by atoms with E-state index in [9.17, 15) is 4.79 Å². The number of carbonyl (C=O) groups excluding carboxylic acids is 1. The van der Waals surface area contributed by atoms with Gasteiger partial charge in [0.05, 0.1) is 14.2 Å². The standard InChI is InChI=1S/C19H18BrNO4/c1-11-14-9-13(20)7-8-15(14)25-17(11)19(22)21-10-12-5-4-6-16(23-2)18(12)24-3/h4-9H,10H2,1-3H3,(H,21,22). The van der Waals surface area contributed by atoms with Crippen molar-refractivity contribution in [2.45, 2.75) is 13.5 Å². The molecule has 0 spiro atoms. The van der Waals surface area contributed by atoms with Crippen LogP contribution in [0.25, 0.3) is 11.0 Å². The van der Waals surface area contributed by atoms with Crippen molar-refractivity contribution in [3.63, 3.8) is 0 Å². The Kier molecular flexibility index (Phi) is 4.99. The molecule has 0 aliphatic heterocycles. The zero-order chi connectivity index (χ0) is 18.0. The largest absolute Gasteiger partial charge is 0.493 e. The predicted molar refractivity (Wildman–Crippen MR) is 99.4 cm³/mol. The highest BCUT2D eigenvalue weighted by molar-refractivity contribution is 9.10. The van der Waals surface area contributed by atoms with E-state index in [4.69, 9.17) is 13.9 Å². The molecule has 0 unspecified atom stereocenters. The molecule has 0 fully saturated rings. The number of hydrogen-bond acceptors (Lipinski definition) is 4. The molecule has 6 heteroatoms. The molecule has 25 heavy (non-hydrogen) atoms. The van der Waals surface area contributed by atoms with Crippen molar-refractivity contribution >= 4 is 32.8 Å². The quantitative estimate of drug-likeness (QED) is 0.683. The zero-order valence-corrected chi connectivity index (χ0v) is 15.8. The molecule has 1 amide bonds. The monoisotopic (exact) mass is 403 g/mol. The second kappa shape index (κ2) is 7.19. The number of aryl methyl sites for hydroxylation is 1. The average Bonchev–Trinajstić information content (AvgIpc) is 2.95. The number of methoxy groups -OCH3 is 2. The first-order valence-corrected chi connectivity index (χ1v) is 8.51. The van der Waals surface area contributed by atoms with Gasteiger partial charge in [-0.25, -0.2) is 0 Å². The molecule has 3 aromatic rings. The lowest BCUT2D eigenvalue weighted by molar-refractivity contribution is 0.0924. The second-order valence-electron chi connectivity index (χ2n) is 5.53. The second-order valence-corrected chi connectivity index (χ2v) is 6.45. The summed E-state index contributed by atoms with van der Waals surface area (Å²) < 4.78 is 17.3. The van der Waals surface area contributed by atoms with Crippen LogP contribution in [0.5, 0.6) is 11.5 Å². The van der Waals surface area contributed by atoms with E-state index in [2.05, 4.69) is 21.2 Å². The summed E-state index contributed by atoms with van der Waals surface area (Å²) in [6, 6.07) is 11.2. The third-order valence-electron chi connectivity index (χ3n) is 4.03. The molecule has 0 aliphatic carbocycles. The minimum atomic E-state index is -0.269. The van der Waals surface area contributed by atoms with E-state index in [-0.39, 0.29) is 5.91 Å². The van der Waals surface area contributed by atoms with Gasteiger partial charge in [0, 0.05) is 27.5 Å². The van der Waals surface area contributed by atoms with Crippen molar-refractivity contribution in [3.8, 4) is 11.5 Å². The van der Waals surface area contributed by atoms with Crippen LogP contribution in [0.1, 0.15) is 21.7 Å². The number of halogens is 1. The summed E-state index contributed by atoms with van der Waals surface area (Å²) in [6.07, 6.45) is 0. The average molecular weight is 404 g/mol. The molecule has 0 atom stereocenters. The van der Waals surface area contributed by atoms with Crippen LogP contribution in [-0.2, 0) is 6.54 Å². The summed E-state index contributed by atoms with van der Waals surface area (Å²) in [7, 11) is 3.15. The van der Waals surface area contributed by atoms with Gasteiger partial charge in [-0.1, -0.05) is 28.1 Å². The lowest BCUT2D eigenvalue weighted by Crippen LogP contribution is -2.23. The number of carbonyl (C=O) groups is 1. The van der Waals surface area contributed by atoms with Crippen LogP contribution < -0.4 is 14.8 Å². The Bertz CT molecular complexity index is 933. The first kappa shape index (κ1) is 17.4. The maximum atomic E-state index is 12.6. The number of furan rings is 1. The van der Waals surface area contributed by atoms with Crippen molar-refractivity contribution in [1.82, 2.24) is 5.32 Å². The maximum Gasteiger partial charge on any atom is 0.287 e. The summed E-state index contributed by atoms with van der Waals surface area (Å²) in [6.45, 7) is 2.18. The van der Waals surface area contributed by atoms with Gasteiger partial charge in [-0.15, -0.1) is 0 Å². The fourth-order valence-corrected chi connectivity index (χ4v) is 3.12. The summed E-state index contributed by atoms with van der Waals surface area (Å²) in [5.74, 6) is 1.28. The van der Waals surface area contributed by atoms with Crippen LogP contribution in [0.2, 0.25) is 0 Å². The highest BCUT2D eigenvalue weighted by atomic mass is 79.9. The number of nitrogens with one attached hydrogen (secondary N) is 1. The summed E-state index contributed by atoms with van der Waals surface area (Å²) >= 11 is 3.44. The molecule has 2 aromatic carbocycles. The molecule has 1 heterocycles. The number of amides is 1. The van der Waals surface area contributed by atoms with Crippen LogP contribution in [0, 0.1) is 6.92 Å². The predicted octanol–water partition coefficient (Wildman–Crippen LogP) is 4.45. The van der Waals surface area contributed by atoms with Gasteiger partial charge in [0.1, 0.15) is 5.58 Å². The van der Waals surface area contributed by atoms with Gasteiger partial charge in [0.25, 0.3) is 5.91 Å².